The van der Waals surface area contributed by atoms with Crippen LogP contribution in [0.3, 0.4) is 0 Å². The highest BCUT2D eigenvalue weighted by atomic mass is 19.4. The van der Waals surface area contributed by atoms with Crippen molar-refractivity contribution in [2.75, 3.05) is 17.2 Å². The summed E-state index contributed by atoms with van der Waals surface area (Å²) in [5.74, 6) is -0.289. The van der Waals surface area contributed by atoms with Crippen LogP contribution in [0.5, 0.6) is 0 Å². The van der Waals surface area contributed by atoms with Gasteiger partial charge in [-0.15, -0.1) is 0 Å². The standard InChI is InChI=1S/C33H29F3N4O3/c1-2-43-31(42)21-30(41)39-32-27-6-4-3-5-23(27)10-17-28(32)38-25-13-15-26(16-14-25)40-20-19-37-29(40)18-9-22-7-11-24(12-8-22)33(34,35)36/h3-8,10-17,19-20,38H,2,9,18,21H2,1H3,(H,39,41). The van der Waals surface area contributed by atoms with Gasteiger partial charge in [-0.1, -0.05) is 42.5 Å². The highest BCUT2D eigenvalue weighted by Crippen LogP contribution is 2.34. The molecule has 0 atom stereocenters. The Hall–Kier alpha value is -5.12. The first-order valence-corrected chi connectivity index (χ1v) is 13.7. The zero-order valence-electron chi connectivity index (χ0n) is 23.3. The number of amides is 1. The lowest BCUT2D eigenvalue weighted by Crippen LogP contribution is -2.19. The number of hydrogen-bond acceptors (Lipinski definition) is 5. The summed E-state index contributed by atoms with van der Waals surface area (Å²) in [7, 11) is 0. The smallest absolute Gasteiger partial charge is 0.416 e. The van der Waals surface area contributed by atoms with Gasteiger partial charge in [0, 0.05) is 35.6 Å². The number of aromatic nitrogens is 2. The Morgan fingerprint density at radius 3 is 2.37 bits per heavy atom. The summed E-state index contributed by atoms with van der Waals surface area (Å²) >= 11 is 0. The minimum atomic E-state index is -4.36. The number of anilines is 3. The number of esters is 1. The van der Waals surface area contributed by atoms with Gasteiger partial charge in [0.1, 0.15) is 12.2 Å². The van der Waals surface area contributed by atoms with Gasteiger partial charge in [-0.05, 0) is 66.8 Å². The van der Waals surface area contributed by atoms with E-state index in [0.29, 0.717) is 24.2 Å². The number of alkyl halides is 3. The van der Waals surface area contributed by atoms with E-state index in [1.54, 1.807) is 13.1 Å². The first kappa shape index (κ1) is 29.4. The molecule has 0 radical (unpaired) electrons. The molecule has 5 rings (SSSR count). The summed E-state index contributed by atoms with van der Waals surface area (Å²) in [6.45, 7) is 1.88. The minimum Gasteiger partial charge on any atom is -0.466 e. The maximum absolute atomic E-state index is 12.9. The highest BCUT2D eigenvalue weighted by Gasteiger charge is 2.29. The highest BCUT2D eigenvalue weighted by molar-refractivity contribution is 6.10. The number of imidazole rings is 1. The summed E-state index contributed by atoms with van der Waals surface area (Å²) in [4.78, 5) is 29.0. The molecule has 1 amide bonds. The Morgan fingerprint density at radius 2 is 1.65 bits per heavy atom. The second kappa shape index (κ2) is 12.8. The van der Waals surface area contributed by atoms with Gasteiger partial charge in [-0.2, -0.15) is 13.2 Å². The lowest BCUT2D eigenvalue weighted by atomic mass is 10.1. The number of hydrogen-bond donors (Lipinski definition) is 2. The van der Waals surface area contributed by atoms with E-state index >= 15 is 0 Å². The zero-order chi connectivity index (χ0) is 30.4. The van der Waals surface area contributed by atoms with Crippen molar-refractivity contribution < 1.29 is 27.5 Å². The lowest BCUT2D eigenvalue weighted by molar-refractivity contribution is -0.145. The zero-order valence-corrected chi connectivity index (χ0v) is 23.3. The van der Waals surface area contributed by atoms with E-state index in [0.717, 1.165) is 45.7 Å². The van der Waals surface area contributed by atoms with Crippen molar-refractivity contribution in [3.8, 4) is 5.69 Å². The fourth-order valence-corrected chi connectivity index (χ4v) is 4.77. The Kier molecular flexibility index (Phi) is 8.75. The Morgan fingerprint density at radius 1 is 0.907 bits per heavy atom. The average molecular weight is 587 g/mol. The number of carbonyl (C=O) groups excluding carboxylic acids is 2. The van der Waals surface area contributed by atoms with E-state index in [1.165, 1.54) is 12.1 Å². The van der Waals surface area contributed by atoms with Gasteiger partial charge in [-0.3, -0.25) is 9.59 Å². The molecule has 0 bridgehead atoms. The first-order chi connectivity index (χ1) is 20.7. The van der Waals surface area contributed by atoms with Gasteiger partial charge in [0.05, 0.1) is 23.5 Å². The van der Waals surface area contributed by atoms with Crippen molar-refractivity contribution in [3.63, 3.8) is 0 Å². The SMILES string of the molecule is CCOC(=O)CC(=O)Nc1c(Nc2ccc(-n3ccnc3CCc3ccc(C(F)(F)F)cc3)cc2)ccc2ccccc12. The van der Waals surface area contributed by atoms with Crippen LogP contribution in [0.1, 0.15) is 30.3 Å². The predicted molar refractivity (Wildman–Crippen MR) is 160 cm³/mol. The number of ether oxygens (including phenoxy) is 1. The second-order valence-electron chi connectivity index (χ2n) is 9.82. The van der Waals surface area contributed by atoms with Crippen LogP contribution in [0.2, 0.25) is 0 Å². The van der Waals surface area contributed by atoms with Crippen LogP contribution in [0.4, 0.5) is 30.2 Å². The molecule has 220 valence electrons. The topological polar surface area (TPSA) is 85.3 Å². The fourth-order valence-electron chi connectivity index (χ4n) is 4.77. The molecular formula is C33H29F3N4O3. The van der Waals surface area contributed by atoms with Gasteiger partial charge in [0.25, 0.3) is 0 Å². The number of nitrogens with one attached hydrogen (secondary N) is 2. The summed E-state index contributed by atoms with van der Waals surface area (Å²) < 4.78 is 45.4. The van der Waals surface area contributed by atoms with Crippen molar-refractivity contribution in [1.29, 1.82) is 0 Å². The normalized spacial score (nSPS) is 11.3. The third-order valence-corrected chi connectivity index (χ3v) is 6.86. The van der Waals surface area contributed by atoms with Gasteiger partial charge < -0.3 is 19.9 Å². The predicted octanol–water partition coefficient (Wildman–Crippen LogP) is 7.46. The van der Waals surface area contributed by atoms with E-state index in [1.807, 2.05) is 71.4 Å². The second-order valence-corrected chi connectivity index (χ2v) is 9.82. The molecule has 0 unspecified atom stereocenters. The Balaban J connectivity index is 1.31. The van der Waals surface area contributed by atoms with Crippen LogP contribution in [-0.2, 0) is 33.3 Å². The maximum Gasteiger partial charge on any atom is 0.416 e. The Bertz CT molecular complexity index is 1730. The minimum absolute atomic E-state index is 0.197. The number of benzene rings is 4. The third kappa shape index (κ3) is 7.21. The molecule has 0 saturated heterocycles. The number of aryl methyl sites for hydroxylation is 2. The number of fused-ring (bicyclic) bond motifs is 1. The van der Waals surface area contributed by atoms with Crippen molar-refractivity contribution in [2.24, 2.45) is 0 Å². The molecule has 0 aliphatic carbocycles. The van der Waals surface area contributed by atoms with E-state index in [-0.39, 0.29) is 6.61 Å². The van der Waals surface area contributed by atoms with Crippen molar-refractivity contribution in [1.82, 2.24) is 9.55 Å². The number of carbonyl (C=O) groups is 2. The molecule has 0 fully saturated rings. The van der Waals surface area contributed by atoms with E-state index < -0.39 is 30.0 Å². The molecule has 43 heavy (non-hydrogen) atoms. The molecule has 0 aliphatic heterocycles. The summed E-state index contributed by atoms with van der Waals surface area (Å²) in [5.41, 5.74) is 2.97. The molecule has 0 aliphatic rings. The van der Waals surface area contributed by atoms with Gasteiger partial charge in [0.15, 0.2) is 0 Å². The van der Waals surface area contributed by atoms with Crippen molar-refractivity contribution >= 4 is 39.7 Å². The summed E-state index contributed by atoms with van der Waals surface area (Å²) in [6.07, 6.45) is -0.133. The van der Waals surface area contributed by atoms with Crippen LogP contribution in [0.25, 0.3) is 16.5 Å². The Labute approximate surface area is 246 Å². The van der Waals surface area contributed by atoms with Crippen LogP contribution < -0.4 is 10.6 Å². The summed E-state index contributed by atoms with van der Waals surface area (Å²) in [6, 6.07) is 24.3. The van der Waals surface area contributed by atoms with E-state index in [4.69, 9.17) is 4.74 Å². The number of halogens is 3. The van der Waals surface area contributed by atoms with Crippen molar-refractivity contribution in [3.05, 3.63) is 114 Å². The quantitative estimate of drug-likeness (QED) is 0.131. The van der Waals surface area contributed by atoms with Crippen LogP contribution in [-0.4, -0.2) is 28.0 Å². The molecule has 7 nitrogen and oxygen atoms in total. The molecule has 2 N–H and O–H groups in total. The molecule has 5 aromatic rings. The van der Waals surface area contributed by atoms with Crippen LogP contribution >= 0.6 is 0 Å². The molecule has 0 saturated carbocycles. The summed E-state index contributed by atoms with van der Waals surface area (Å²) in [5, 5.41) is 7.98. The first-order valence-electron chi connectivity index (χ1n) is 13.7. The largest absolute Gasteiger partial charge is 0.466 e. The molecule has 1 heterocycles. The maximum atomic E-state index is 12.9. The van der Waals surface area contributed by atoms with Crippen LogP contribution in [0.15, 0.2) is 97.3 Å². The third-order valence-electron chi connectivity index (χ3n) is 6.86. The molecule has 10 heteroatoms. The average Bonchev–Trinajstić information content (AvgIpc) is 3.46. The fraction of sp³-hybridized carbons (Fsp3) is 0.182. The number of nitrogens with zero attached hydrogens (tertiary/aromatic N) is 2. The van der Waals surface area contributed by atoms with Gasteiger partial charge in [0.2, 0.25) is 5.91 Å². The molecular weight excluding hydrogens is 557 g/mol. The van der Waals surface area contributed by atoms with Crippen LogP contribution in [0, 0.1) is 0 Å². The van der Waals surface area contributed by atoms with Crippen molar-refractivity contribution in [2.45, 2.75) is 32.4 Å². The monoisotopic (exact) mass is 586 g/mol. The lowest BCUT2D eigenvalue weighted by Gasteiger charge is -2.16. The van der Waals surface area contributed by atoms with E-state index in [2.05, 4.69) is 15.6 Å². The molecule has 4 aromatic carbocycles. The van der Waals surface area contributed by atoms with Gasteiger partial charge >= 0.3 is 12.1 Å². The molecule has 0 spiro atoms. The molecule has 1 aromatic heterocycles. The number of rotatable bonds is 10. The van der Waals surface area contributed by atoms with E-state index in [9.17, 15) is 22.8 Å². The van der Waals surface area contributed by atoms with Gasteiger partial charge in [-0.25, -0.2) is 4.98 Å².